The number of hydrogen-bond acceptors (Lipinski definition) is 6. The summed E-state index contributed by atoms with van der Waals surface area (Å²) in [5, 5.41) is 3.05. The normalized spacial score (nSPS) is 15.5. The zero-order chi connectivity index (χ0) is 24.2. The van der Waals surface area contributed by atoms with Crippen LogP contribution in [0.4, 0.5) is 5.69 Å². The van der Waals surface area contributed by atoms with Crippen LogP contribution in [-0.2, 0) is 9.59 Å². The van der Waals surface area contributed by atoms with Crippen molar-refractivity contribution < 1.29 is 14.3 Å². The van der Waals surface area contributed by atoms with Crippen LogP contribution in [0.15, 0.2) is 71.3 Å². The van der Waals surface area contributed by atoms with Crippen LogP contribution >= 0.6 is 23.1 Å². The Balaban J connectivity index is 1.23. The lowest BCUT2D eigenvalue weighted by Gasteiger charge is -2.24. The summed E-state index contributed by atoms with van der Waals surface area (Å²) >= 11 is 2.97. The van der Waals surface area contributed by atoms with Crippen LogP contribution in [0.5, 0.6) is 5.75 Å². The Bertz CT molecular complexity index is 1340. The second kappa shape index (κ2) is 10.5. The quantitative estimate of drug-likeness (QED) is 0.332. The fourth-order valence-electron chi connectivity index (χ4n) is 4.26. The number of rotatable bonds is 8. The smallest absolute Gasteiger partial charge is 0.247 e. The topological polar surface area (TPSA) is 76.5 Å². The molecule has 9 heteroatoms. The molecule has 0 aliphatic carbocycles. The summed E-state index contributed by atoms with van der Waals surface area (Å²) in [6, 6.07) is 16.9. The largest absolute Gasteiger partial charge is 0.494 e. The van der Waals surface area contributed by atoms with E-state index < -0.39 is 6.04 Å². The minimum Gasteiger partial charge on any atom is -0.494 e. The second-order valence-corrected chi connectivity index (χ2v) is 10.4. The van der Waals surface area contributed by atoms with Gasteiger partial charge in [0.25, 0.3) is 0 Å². The predicted octanol–water partition coefficient (Wildman–Crippen LogP) is 5.21. The van der Waals surface area contributed by atoms with Crippen molar-refractivity contribution in [2.75, 3.05) is 24.2 Å². The van der Waals surface area contributed by atoms with E-state index in [1.807, 2.05) is 78.5 Å². The number of amides is 2. The summed E-state index contributed by atoms with van der Waals surface area (Å²) < 4.78 is 9.39. The number of carbonyl (C=O) groups is 2. The summed E-state index contributed by atoms with van der Waals surface area (Å²) in [5.74, 6) is 0.882. The van der Waals surface area contributed by atoms with Gasteiger partial charge in [-0.3, -0.25) is 9.59 Å². The van der Waals surface area contributed by atoms with Crippen LogP contribution in [0.1, 0.15) is 19.8 Å². The average molecular weight is 507 g/mol. The number of ether oxygens (including phenoxy) is 1. The maximum Gasteiger partial charge on any atom is 0.247 e. The van der Waals surface area contributed by atoms with Gasteiger partial charge in [-0.15, -0.1) is 11.3 Å². The lowest BCUT2D eigenvalue weighted by Crippen LogP contribution is -2.44. The van der Waals surface area contributed by atoms with Crippen molar-refractivity contribution in [1.82, 2.24) is 14.5 Å². The van der Waals surface area contributed by atoms with Crippen LogP contribution in [0.3, 0.4) is 0 Å². The number of nitrogens with zero attached hydrogens (tertiary/aromatic N) is 3. The molecule has 180 valence electrons. The van der Waals surface area contributed by atoms with Crippen molar-refractivity contribution in [3.8, 4) is 11.4 Å². The predicted molar refractivity (Wildman–Crippen MR) is 141 cm³/mol. The van der Waals surface area contributed by atoms with Crippen LogP contribution in [0.25, 0.3) is 15.9 Å². The van der Waals surface area contributed by atoms with Gasteiger partial charge < -0.3 is 19.5 Å². The monoisotopic (exact) mass is 506 g/mol. The molecule has 1 aliphatic heterocycles. The minimum atomic E-state index is -0.468. The Morgan fingerprint density at radius 2 is 2.00 bits per heavy atom. The Labute approximate surface area is 212 Å². The zero-order valence-corrected chi connectivity index (χ0v) is 21.0. The fourth-order valence-corrected chi connectivity index (χ4v) is 6.24. The third-order valence-corrected chi connectivity index (χ3v) is 8.04. The lowest BCUT2D eigenvalue weighted by atomic mass is 10.2. The molecule has 4 aromatic rings. The molecule has 2 aromatic heterocycles. The van der Waals surface area contributed by atoms with Crippen LogP contribution in [0.2, 0.25) is 0 Å². The molecule has 2 amide bonds. The summed E-state index contributed by atoms with van der Waals surface area (Å²) in [6.45, 7) is 3.16. The van der Waals surface area contributed by atoms with Gasteiger partial charge in [0.05, 0.1) is 34.0 Å². The molecule has 0 spiro atoms. The van der Waals surface area contributed by atoms with E-state index in [9.17, 15) is 9.59 Å². The molecule has 2 aromatic carbocycles. The second-order valence-electron chi connectivity index (χ2n) is 8.17. The Morgan fingerprint density at radius 1 is 1.17 bits per heavy atom. The number of aromatic nitrogens is 2. The van der Waals surface area contributed by atoms with Crippen molar-refractivity contribution in [2.45, 2.75) is 30.1 Å². The molecule has 1 atom stereocenters. The number of likely N-dealkylation sites (tertiary alicyclic amines) is 1. The van der Waals surface area contributed by atoms with Gasteiger partial charge in [-0.2, -0.15) is 0 Å². The highest BCUT2D eigenvalue weighted by atomic mass is 32.2. The summed E-state index contributed by atoms with van der Waals surface area (Å²) in [7, 11) is 0. The molecule has 0 radical (unpaired) electrons. The van der Waals surface area contributed by atoms with E-state index in [0.29, 0.717) is 19.6 Å². The molecule has 0 saturated carbocycles. The van der Waals surface area contributed by atoms with Crippen molar-refractivity contribution in [1.29, 1.82) is 0 Å². The van der Waals surface area contributed by atoms with E-state index in [1.54, 1.807) is 16.2 Å². The molecule has 1 N–H and O–H groups in total. The van der Waals surface area contributed by atoms with E-state index in [4.69, 9.17) is 4.74 Å². The molecular formula is C26H26N4O3S2. The number of thiazole rings is 1. The molecule has 1 fully saturated rings. The van der Waals surface area contributed by atoms with Crippen molar-refractivity contribution >= 4 is 50.8 Å². The molecule has 3 heterocycles. The number of hydrogen-bond donors (Lipinski definition) is 1. The van der Waals surface area contributed by atoms with E-state index in [0.717, 1.165) is 38.1 Å². The van der Waals surface area contributed by atoms with E-state index in [1.165, 1.54) is 11.8 Å². The summed E-state index contributed by atoms with van der Waals surface area (Å²) in [6.07, 6.45) is 5.35. The number of para-hydroxylation sites is 2. The van der Waals surface area contributed by atoms with Crippen molar-refractivity contribution in [3.63, 3.8) is 0 Å². The standard InChI is InChI=1S/C26H26N4O3S2/c1-2-33-18-11-12-20-23(16-18)35-26(28-20)34-17-24(31)30-15-7-10-22(30)25(32)27-19-8-3-4-9-21(19)29-13-5-6-14-29/h3-6,8-9,11-14,16,22H,2,7,10,15,17H2,1H3,(H,27,32). The van der Waals surface area contributed by atoms with Crippen LogP contribution in [-0.4, -0.2) is 51.2 Å². The van der Waals surface area contributed by atoms with Gasteiger partial charge in [-0.05, 0) is 62.2 Å². The molecular weight excluding hydrogens is 480 g/mol. The number of carbonyl (C=O) groups excluding carboxylic acids is 2. The first-order valence-electron chi connectivity index (χ1n) is 11.6. The van der Waals surface area contributed by atoms with E-state index >= 15 is 0 Å². The van der Waals surface area contributed by atoms with Gasteiger partial charge in [0, 0.05) is 18.9 Å². The molecule has 7 nitrogen and oxygen atoms in total. The first-order valence-corrected chi connectivity index (χ1v) is 13.4. The Kier molecular flexibility index (Phi) is 7.06. The first kappa shape index (κ1) is 23.4. The molecule has 5 rings (SSSR count). The molecule has 0 bridgehead atoms. The van der Waals surface area contributed by atoms with Gasteiger partial charge >= 0.3 is 0 Å². The highest BCUT2D eigenvalue weighted by molar-refractivity contribution is 8.01. The number of fused-ring (bicyclic) bond motifs is 1. The minimum absolute atomic E-state index is 0.0411. The van der Waals surface area contributed by atoms with Crippen LogP contribution < -0.4 is 10.1 Å². The molecule has 35 heavy (non-hydrogen) atoms. The van der Waals surface area contributed by atoms with Crippen molar-refractivity contribution in [3.05, 3.63) is 67.0 Å². The van der Waals surface area contributed by atoms with Gasteiger partial charge in [-0.25, -0.2) is 4.98 Å². The Morgan fingerprint density at radius 3 is 2.83 bits per heavy atom. The highest BCUT2D eigenvalue weighted by Crippen LogP contribution is 2.32. The number of benzene rings is 2. The maximum absolute atomic E-state index is 13.2. The van der Waals surface area contributed by atoms with Gasteiger partial charge in [-0.1, -0.05) is 23.9 Å². The van der Waals surface area contributed by atoms with Gasteiger partial charge in [0.15, 0.2) is 4.34 Å². The lowest BCUT2D eigenvalue weighted by molar-refractivity contribution is -0.134. The Hall–Kier alpha value is -3.30. The molecule has 1 unspecified atom stereocenters. The SMILES string of the molecule is CCOc1ccc2nc(SCC(=O)N3CCCC3C(=O)Nc3ccccc3-n3cccc3)sc2c1. The molecule has 1 aliphatic rings. The number of nitrogens with one attached hydrogen (secondary N) is 1. The van der Waals surface area contributed by atoms with Crippen LogP contribution in [0, 0.1) is 0 Å². The molecule has 1 saturated heterocycles. The van der Waals surface area contributed by atoms with Gasteiger partial charge in [0.1, 0.15) is 11.8 Å². The summed E-state index contributed by atoms with van der Waals surface area (Å²) in [5.41, 5.74) is 2.51. The number of anilines is 1. The number of thioether (sulfide) groups is 1. The first-order chi connectivity index (χ1) is 17.1. The maximum atomic E-state index is 13.2. The van der Waals surface area contributed by atoms with Gasteiger partial charge in [0.2, 0.25) is 11.8 Å². The van der Waals surface area contributed by atoms with E-state index in [2.05, 4.69) is 10.3 Å². The van der Waals surface area contributed by atoms with E-state index in [-0.39, 0.29) is 17.6 Å². The third kappa shape index (κ3) is 5.21. The highest BCUT2D eigenvalue weighted by Gasteiger charge is 2.34. The fraction of sp³-hybridized carbons (Fsp3) is 0.269. The average Bonchev–Trinajstić information content (AvgIpc) is 3.63. The third-order valence-electron chi connectivity index (χ3n) is 5.89. The zero-order valence-electron chi connectivity index (χ0n) is 19.3. The summed E-state index contributed by atoms with van der Waals surface area (Å²) in [4.78, 5) is 32.6. The van der Waals surface area contributed by atoms with Crippen molar-refractivity contribution in [2.24, 2.45) is 0 Å².